The fraction of sp³-hybridized carbons (Fsp3) is 0.387. The molecule has 1 saturated carbocycles. The van der Waals surface area contributed by atoms with Gasteiger partial charge in [-0.15, -0.1) is 0 Å². The average Bonchev–Trinajstić information content (AvgIpc) is 3.04. The summed E-state index contributed by atoms with van der Waals surface area (Å²) in [5, 5.41) is 99.4. The van der Waals surface area contributed by atoms with Crippen LogP contribution in [0.4, 0.5) is 0 Å². The number of ether oxygens (including phenoxy) is 4. The van der Waals surface area contributed by atoms with Crippen LogP contribution in [0, 0.1) is 0 Å². The molecule has 9 atom stereocenters. The quantitative estimate of drug-likeness (QED) is 0.0777. The predicted molar refractivity (Wildman–Crippen MR) is 158 cm³/mol. The van der Waals surface area contributed by atoms with Gasteiger partial charge in [0.2, 0.25) is 11.9 Å². The van der Waals surface area contributed by atoms with Gasteiger partial charge in [-0.3, -0.25) is 0 Å². The first kappa shape index (κ1) is 36.1. The number of phenols is 3. The third kappa shape index (κ3) is 8.20. The van der Waals surface area contributed by atoms with E-state index in [4.69, 9.17) is 18.9 Å². The lowest BCUT2D eigenvalue weighted by Crippen LogP contribution is -2.60. The normalized spacial score (nSPS) is 30.6. The van der Waals surface area contributed by atoms with Crippen molar-refractivity contribution in [1.29, 1.82) is 0 Å². The van der Waals surface area contributed by atoms with E-state index in [0.29, 0.717) is 0 Å². The van der Waals surface area contributed by atoms with Gasteiger partial charge in [-0.1, -0.05) is 12.1 Å². The molecule has 17 nitrogen and oxygen atoms in total. The zero-order chi connectivity index (χ0) is 35.3. The summed E-state index contributed by atoms with van der Waals surface area (Å²) in [5.74, 6) is -5.56. The van der Waals surface area contributed by atoms with Crippen LogP contribution in [-0.4, -0.2) is 130 Å². The fourth-order valence-corrected chi connectivity index (χ4v) is 5.06. The SMILES string of the molecule is O=C(/C=C/c1ccc(O[C@@H]2O[C@H](CO)[C@@H](O)[C@H](O)[C@H]2O)c(O)c1)O[C@@H]1C[C@](OC(=O)/C=C/c2ccc(O)c(O)c2)(C(=O)O)C[C@@H](O)[C@H]1O. The number of carboxylic acids is 1. The number of rotatable bonds is 10. The summed E-state index contributed by atoms with van der Waals surface area (Å²) in [7, 11) is 0. The molecule has 48 heavy (non-hydrogen) atoms. The van der Waals surface area contributed by atoms with Crippen LogP contribution in [0.2, 0.25) is 0 Å². The molecule has 0 bridgehead atoms. The van der Waals surface area contributed by atoms with Crippen LogP contribution in [0.15, 0.2) is 48.6 Å². The van der Waals surface area contributed by atoms with Crippen molar-refractivity contribution in [1.82, 2.24) is 0 Å². The van der Waals surface area contributed by atoms with Crippen molar-refractivity contribution >= 4 is 30.1 Å². The van der Waals surface area contributed by atoms with Crippen molar-refractivity contribution in [2.24, 2.45) is 0 Å². The number of aliphatic hydroxyl groups is 6. The molecule has 10 N–H and O–H groups in total. The van der Waals surface area contributed by atoms with Gasteiger partial charge in [-0.2, -0.15) is 0 Å². The monoisotopic (exact) mass is 678 g/mol. The van der Waals surface area contributed by atoms with Gasteiger partial charge < -0.3 is 70.0 Å². The number of carboxylic acid groups (broad SMARTS) is 1. The Morgan fingerprint density at radius 2 is 1.42 bits per heavy atom. The molecule has 1 heterocycles. The zero-order valence-corrected chi connectivity index (χ0v) is 24.8. The summed E-state index contributed by atoms with van der Waals surface area (Å²) in [6, 6.07) is 7.34. The largest absolute Gasteiger partial charge is 0.504 e. The summed E-state index contributed by atoms with van der Waals surface area (Å²) < 4.78 is 21.0. The van der Waals surface area contributed by atoms with E-state index in [1.807, 2.05) is 0 Å². The van der Waals surface area contributed by atoms with Gasteiger partial charge in [-0.05, 0) is 47.5 Å². The van der Waals surface area contributed by atoms with E-state index in [1.54, 1.807) is 0 Å². The number of hydrogen-bond acceptors (Lipinski definition) is 16. The Bertz CT molecular complexity index is 1550. The maximum Gasteiger partial charge on any atom is 0.348 e. The number of carbonyl (C=O) groups excluding carboxylic acids is 2. The first-order valence-electron chi connectivity index (χ1n) is 14.4. The Balaban J connectivity index is 1.40. The van der Waals surface area contributed by atoms with E-state index in [1.165, 1.54) is 30.4 Å². The molecule has 0 spiro atoms. The highest BCUT2D eigenvalue weighted by molar-refractivity contribution is 5.91. The van der Waals surface area contributed by atoms with Gasteiger partial charge in [0.05, 0.1) is 12.7 Å². The summed E-state index contributed by atoms with van der Waals surface area (Å²) in [5.41, 5.74) is -1.94. The molecule has 260 valence electrons. The number of aliphatic hydroxyl groups excluding tert-OH is 6. The van der Waals surface area contributed by atoms with E-state index >= 15 is 0 Å². The third-order valence-corrected chi connectivity index (χ3v) is 7.70. The topological polar surface area (TPSA) is 290 Å². The summed E-state index contributed by atoms with van der Waals surface area (Å²) >= 11 is 0. The Hall–Kier alpha value is -4.75. The van der Waals surface area contributed by atoms with E-state index < -0.39 is 109 Å². The summed E-state index contributed by atoms with van der Waals surface area (Å²) in [6.07, 6.45) is -10.5. The van der Waals surface area contributed by atoms with Gasteiger partial charge in [-0.25, -0.2) is 14.4 Å². The van der Waals surface area contributed by atoms with E-state index in [0.717, 1.165) is 30.4 Å². The molecule has 2 aliphatic rings. The first-order valence-corrected chi connectivity index (χ1v) is 14.4. The predicted octanol–water partition coefficient (Wildman–Crippen LogP) is -1.50. The number of phenolic OH excluding ortho intramolecular Hbond substituents is 3. The molecule has 2 aromatic rings. The number of benzene rings is 2. The highest BCUT2D eigenvalue weighted by Gasteiger charge is 2.54. The fourth-order valence-electron chi connectivity index (χ4n) is 5.06. The molecular formula is C31H34O17. The van der Waals surface area contributed by atoms with Crippen molar-refractivity contribution in [3.8, 4) is 23.0 Å². The second-order valence-electron chi connectivity index (χ2n) is 11.1. The number of hydrogen-bond donors (Lipinski definition) is 10. The first-order chi connectivity index (χ1) is 22.6. The average molecular weight is 679 g/mol. The molecule has 17 heteroatoms. The second kappa shape index (κ2) is 15.0. The van der Waals surface area contributed by atoms with Gasteiger partial charge in [0.15, 0.2) is 23.0 Å². The molecule has 2 fully saturated rings. The summed E-state index contributed by atoms with van der Waals surface area (Å²) in [6.45, 7) is -0.692. The third-order valence-electron chi connectivity index (χ3n) is 7.70. The zero-order valence-electron chi connectivity index (χ0n) is 24.8. The van der Waals surface area contributed by atoms with Crippen molar-refractivity contribution in [3.05, 3.63) is 59.7 Å². The van der Waals surface area contributed by atoms with Crippen LogP contribution in [0.25, 0.3) is 12.2 Å². The highest BCUT2D eigenvalue weighted by atomic mass is 16.7. The lowest BCUT2D eigenvalue weighted by molar-refractivity contribution is -0.277. The van der Waals surface area contributed by atoms with E-state index in [2.05, 4.69) is 0 Å². The standard InChI is InChI=1S/C31H34O17/c32-13-22-26(40)27(41)28(42)29(47-22)46-20-6-2-15(10-18(20)35)3-7-23(37)45-21-12-31(30(43)44,11-19(36)25(21)39)48-24(38)8-4-14-1-5-16(33)17(34)9-14/h1-10,19,21-22,25-29,32-36,39-42H,11-13H2,(H,43,44)/b7-3+,8-4+/t19-,21-,22-,25-,26-,27+,28-,29-,31+/m1/s1. The molecule has 0 unspecified atom stereocenters. The van der Waals surface area contributed by atoms with Gasteiger partial charge in [0, 0.05) is 25.0 Å². The van der Waals surface area contributed by atoms with E-state index in [9.17, 15) is 65.4 Å². The van der Waals surface area contributed by atoms with Crippen molar-refractivity contribution in [2.75, 3.05) is 6.61 Å². The second-order valence-corrected chi connectivity index (χ2v) is 11.1. The number of aromatic hydroxyl groups is 3. The Labute approximate surface area is 271 Å². The number of esters is 2. The molecule has 2 aromatic carbocycles. The minimum Gasteiger partial charge on any atom is -0.504 e. The maximum absolute atomic E-state index is 12.6. The molecular weight excluding hydrogens is 644 g/mol. The van der Waals surface area contributed by atoms with Crippen LogP contribution < -0.4 is 4.74 Å². The Kier molecular flexibility index (Phi) is 11.3. The molecule has 1 aliphatic carbocycles. The molecule has 1 aliphatic heterocycles. The van der Waals surface area contributed by atoms with Crippen molar-refractivity contribution < 1.29 is 84.4 Å². The van der Waals surface area contributed by atoms with Gasteiger partial charge in [0.25, 0.3) is 0 Å². The molecule has 4 rings (SSSR count). The lowest BCUT2D eigenvalue weighted by atomic mass is 9.79. The smallest absolute Gasteiger partial charge is 0.348 e. The van der Waals surface area contributed by atoms with Gasteiger partial charge >= 0.3 is 17.9 Å². The van der Waals surface area contributed by atoms with Crippen LogP contribution in [0.3, 0.4) is 0 Å². The minimum absolute atomic E-state index is 0.206. The Morgan fingerprint density at radius 1 is 0.792 bits per heavy atom. The van der Waals surface area contributed by atoms with Gasteiger partial charge in [0.1, 0.15) is 36.6 Å². The summed E-state index contributed by atoms with van der Waals surface area (Å²) in [4.78, 5) is 37.4. The molecule has 0 amide bonds. The number of carbonyl (C=O) groups is 3. The molecule has 0 radical (unpaired) electrons. The van der Waals surface area contributed by atoms with Crippen LogP contribution in [-0.2, 0) is 28.6 Å². The Morgan fingerprint density at radius 3 is 2.02 bits per heavy atom. The van der Waals surface area contributed by atoms with Crippen molar-refractivity contribution in [3.63, 3.8) is 0 Å². The molecule has 0 aromatic heterocycles. The van der Waals surface area contributed by atoms with E-state index in [-0.39, 0.29) is 16.9 Å². The molecule has 1 saturated heterocycles. The van der Waals surface area contributed by atoms with Crippen LogP contribution >= 0.6 is 0 Å². The van der Waals surface area contributed by atoms with Crippen LogP contribution in [0.1, 0.15) is 24.0 Å². The van der Waals surface area contributed by atoms with Crippen LogP contribution in [0.5, 0.6) is 23.0 Å². The maximum atomic E-state index is 12.6. The number of aliphatic carboxylic acids is 1. The van der Waals surface area contributed by atoms with Crippen molar-refractivity contribution in [2.45, 2.75) is 67.5 Å². The highest BCUT2D eigenvalue weighted by Crippen LogP contribution is 2.36. The minimum atomic E-state index is -2.41. The lowest BCUT2D eigenvalue weighted by Gasteiger charge is -2.41.